The molecule has 0 aliphatic carbocycles. The Morgan fingerprint density at radius 1 is 1.25 bits per heavy atom. The second-order valence-corrected chi connectivity index (χ2v) is 10.9. The highest BCUT2D eigenvalue weighted by atomic mass is 32.1. The number of likely N-dealkylation sites (tertiary alicyclic amines) is 1. The van der Waals surface area contributed by atoms with E-state index in [2.05, 4.69) is 49.5 Å². The number of carbonyl (C=O) groups is 1. The average Bonchev–Trinajstić information content (AvgIpc) is 3.57. The smallest absolute Gasteiger partial charge is 0.319 e. The van der Waals surface area contributed by atoms with Crippen LogP contribution >= 0.6 is 11.3 Å². The van der Waals surface area contributed by atoms with Crippen LogP contribution in [0.3, 0.4) is 0 Å². The number of carbonyl (C=O) groups excluding carboxylic acids is 1. The molecule has 5 aromatic rings. The fourth-order valence-electron chi connectivity index (χ4n) is 4.96. The standard InChI is InChI=1S/C24H27N9O2S/c1-24(2)5-4-7-32(24)8-6-25-23(35)28-15-9-16-19(26-11-15)20-18(21(34)29-16)22-33(30-20)13-17(36-22)14-10-27-31(3)12-14/h9-13H,4-8H2,1-3H3,(H,29,34)(H2,25,28,35). The molecule has 36 heavy (non-hydrogen) atoms. The van der Waals surface area contributed by atoms with Gasteiger partial charge >= 0.3 is 6.03 Å². The van der Waals surface area contributed by atoms with E-state index in [-0.39, 0.29) is 17.1 Å². The van der Waals surface area contributed by atoms with Crippen LogP contribution < -0.4 is 16.2 Å². The number of hydrogen-bond donors (Lipinski definition) is 3. The summed E-state index contributed by atoms with van der Waals surface area (Å²) >= 11 is 1.48. The first-order chi connectivity index (χ1) is 17.3. The van der Waals surface area contributed by atoms with Gasteiger partial charge in [0.05, 0.1) is 28.5 Å². The van der Waals surface area contributed by atoms with Crippen LogP contribution in [0.1, 0.15) is 26.7 Å². The first kappa shape index (κ1) is 22.7. The Kier molecular flexibility index (Phi) is 5.30. The van der Waals surface area contributed by atoms with Gasteiger partial charge in [0.15, 0.2) is 0 Å². The van der Waals surface area contributed by atoms with E-state index >= 15 is 0 Å². The van der Waals surface area contributed by atoms with Gasteiger partial charge in [-0.1, -0.05) is 0 Å². The molecule has 0 saturated carbocycles. The summed E-state index contributed by atoms with van der Waals surface area (Å²) in [6.45, 7) is 6.90. The summed E-state index contributed by atoms with van der Waals surface area (Å²) in [6, 6.07) is 1.41. The topological polar surface area (TPSA) is 125 Å². The minimum Gasteiger partial charge on any atom is -0.337 e. The Morgan fingerprint density at radius 3 is 2.86 bits per heavy atom. The molecular formula is C24H27N9O2S. The van der Waals surface area contributed by atoms with Crippen molar-refractivity contribution in [2.24, 2.45) is 7.05 Å². The maximum absolute atomic E-state index is 13.0. The van der Waals surface area contributed by atoms with Gasteiger partial charge in [-0.2, -0.15) is 10.2 Å². The van der Waals surface area contributed by atoms with Gasteiger partial charge in [-0.25, -0.2) is 9.31 Å². The molecule has 11 nitrogen and oxygen atoms in total. The maximum atomic E-state index is 13.0. The third-order valence-electron chi connectivity index (χ3n) is 6.89. The highest BCUT2D eigenvalue weighted by molar-refractivity contribution is 7.21. The average molecular weight is 506 g/mol. The molecule has 0 radical (unpaired) electrons. The fourth-order valence-corrected chi connectivity index (χ4v) is 6.02. The fraction of sp³-hybridized carbons (Fsp3) is 0.375. The molecular weight excluding hydrogens is 478 g/mol. The van der Waals surface area contributed by atoms with Crippen LogP contribution in [0.2, 0.25) is 0 Å². The number of fused-ring (bicyclic) bond motifs is 5. The summed E-state index contributed by atoms with van der Waals surface area (Å²) in [6.07, 6.45) is 9.55. The number of aryl methyl sites for hydroxylation is 1. The van der Waals surface area contributed by atoms with Crippen LogP contribution in [0.25, 0.3) is 37.2 Å². The Bertz CT molecular complexity index is 1680. The lowest BCUT2D eigenvalue weighted by atomic mass is 10.0. The molecule has 2 amide bonds. The highest BCUT2D eigenvalue weighted by Crippen LogP contribution is 2.33. The van der Waals surface area contributed by atoms with Gasteiger partial charge in [0, 0.05) is 43.6 Å². The van der Waals surface area contributed by atoms with Gasteiger partial charge in [0.1, 0.15) is 21.3 Å². The predicted molar refractivity (Wildman–Crippen MR) is 141 cm³/mol. The van der Waals surface area contributed by atoms with E-state index in [9.17, 15) is 9.59 Å². The van der Waals surface area contributed by atoms with Gasteiger partial charge < -0.3 is 15.6 Å². The summed E-state index contributed by atoms with van der Waals surface area (Å²) in [7, 11) is 1.86. The van der Waals surface area contributed by atoms with Crippen molar-refractivity contribution in [1.29, 1.82) is 0 Å². The van der Waals surface area contributed by atoms with Crippen LogP contribution in [-0.2, 0) is 7.05 Å². The van der Waals surface area contributed by atoms with Gasteiger partial charge in [-0.05, 0) is 39.3 Å². The SMILES string of the molecule is Cn1cc(-c2cn3nc4c5ncc(NC(=O)NCCN6CCCC6(C)C)cc5[nH]c(=O)c4c3s2)cn1. The molecule has 1 aliphatic rings. The van der Waals surface area contributed by atoms with Crippen molar-refractivity contribution >= 4 is 49.8 Å². The first-order valence-corrected chi connectivity index (χ1v) is 12.7. The summed E-state index contributed by atoms with van der Waals surface area (Å²) in [5.41, 5.74) is 3.02. The number of urea groups is 1. The van der Waals surface area contributed by atoms with Crippen molar-refractivity contribution in [2.45, 2.75) is 32.2 Å². The summed E-state index contributed by atoms with van der Waals surface area (Å²) in [5.74, 6) is 0. The van der Waals surface area contributed by atoms with Crippen LogP contribution in [-0.4, -0.2) is 65.5 Å². The van der Waals surface area contributed by atoms with Crippen LogP contribution in [0, 0.1) is 0 Å². The van der Waals surface area contributed by atoms with Crippen molar-refractivity contribution in [1.82, 2.24) is 39.6 Å². The minimum absolute atomic E-state index is 0.180. The summed E-state index contributed by atoms with van der Waals surface area (Å²) in [5, 5.41) is 15.1. The zero-order chi connectivity index (χ0) is 25.0. The van der Waals surface area contributed by atoms with Crippen molar-refractivity contribution < 1.29 is 4.79 Å². The molecule has 1 aliphatic heterocycles. The number of aromatic amines is 1. The number of anilines is 1. The predicted octanol–water partition coefficient (Wildman–Crippen LogP) is 3.18. The number of hydrogen-bond acceptors (Lipinski definition) is 7. The number of aromatic nitrogens is 6. The number of nitrogens with zero attached hydrogens (tertiary/aromatic N) is 6. The second kappa shape index (κ2) is 8.42. The molecule has 12 heteroatoms. The van der Waals surface area contributed by atoms with Crippen molar-refractivity contribution in [3.8, 4) is 10.4 Å². The van der Waals surface area contributed by atoms with Crippen LogP contribution in [0.4, 0.5) is 10.5 Å². The number of pyridine rings is 2. The van der Waals surface area contributed by atoms with Gasteiger partial charge in [-0.15, -0.1) is 11.3 Å². The molecule has 0 spiro atoms. The Hall–Kier alpha value is -3.77. The number of rotatable bonds is 5. The monoisotopic (exact) mass is 505 g/mol. The van der Waals surface area contributed by atoms with E-state index in [1.807, 2.05) is 19.4 Å². The first-order valence-electron chi connectivity index (χ1n) is 11.9. The minimum atomic E-state index is -0.304. The summed E-state index contributed by atoms with van der Waals surface area (Å²) in [4.78, 5) is 37.0. The van der Waals surface area contributed by atoms with E-state index in [0.29, 0.717) is 34.2 Å². The lowest BCUT2D eigenvalue weighted by molar-refractivity contribution is 0.176. The van der Waals surface area contributed by atoms with Crippen molar-refractivity contribution in [3.05, 3.63) is 41.2 Å². The largest absolute Gasteiger partial charge is 0.337 e. The maximum Gasteiger partial charge on any atom is 0.319 e. The lowest BCUT2D eigenvalue weighted by Gasteiger charge is -2.31. The molecule has 3 N–H and O–H groups in total. The van der Waals surface area contributed by atoms with E-state index < -0.39 is 0 Å². The van der Waals surface area contributed by atoms with Crippen LogP contribution in [0.5, 0.6) is 0 Å². The zero-order valence-electron chi connectivity index (χ0n) is 20.3. The third kappa shape index (κ3) is 3.91. The molecule has 0 atom stereocenters. The Labute approximate surface area is 210 Å². The van der Waals surface area contributed by atoms with Crippen molar-refractivity contribution in [3.63, 3.8) is 0 Å². The second-order valence-electron chi connectivity index (χ2n) is 9.83. The molecule has 6 heterocycles. The van der Waals surface area contributed by atoms with Gasteiger partial charge in [0.25, 0.3) is 5.56 Å². The summed E-state index contributed by atoms with van der Waals surface area (Å²) < 4.78 is 3.45. The molecule has 0 aromatic carbocycles. The Morgan fingerprint density at radius 2 is 2.11 bits per heavy atom. The van der Waals surface area contributed by atoms with Crippen molar-refractivity contribution in [2.75, 3.05) is 25.0 Å². The zero-order valence-corrected chi connectivity index (χ0v) is 21.1. The number of thiazole rings is 1. The quantitative estimate of drug-likeness (QED) is 0.337. The van der Waals surface area contributed by atoms with Gasteiger partial charge in [-0.3, -0.25) is 19.4 Å². The van der Waals surface area contributed by atoms with Crippen LogP contribution in [0.15, 0.2) is 35.6 Å². The molecule has 0 unspecified atom stereocenters. The molecule has 1 fully saturated rings. The number of H-pyrrole nitrogens is 1. The number of amides is 2. The normalized spacial score (nSPS) is 15.9. The molecule has 5 aromatic heterocycles. The third-order valence-corrected chi connectivity index (χ3v) is 8.03. The van der Waals surface area contributed by atoms with E-state index in [4.69, 9.17) is 0 Å². The molecule has 0 bridgehead atoms. The van der Waals surface area contributed by atoms with E-state index in [1.165, 1.54) is 24.2 Å². The highest BCUT2D eigenvalue weighted by Gasteiger charge is 2.31. The lowest BCUT2D eigenvalue weighted by Crippen LogP contribution is -2.43. The molecule has 1 saturated heterocycles. The Balaban J connectivity index is 1.22. The van der Waals surface area contributed by atoms with Gasteiger partial charge in [0.2, 0.25) is 0 Å². The molecule has 6 rings (SSSR count). The molecule has 186 valence electrons. The van der Waals surface area contributed by atoms with E-state index in [1.54, 1.807) is 27.7 Å². The number of nitrogens with one attached hydrogen (secondary N) is 3. The van der Waals surface area contributed by atoms with E-state index in [0.717, 1.165) is 28.4 Å².